The molecule has 0 aliphatic heterocycles. The fourth-order valence-corrected chi connectivity index (χ4v) is 5.62. The van der Waals surface area contributed by atoms with Gasteiger partial charge >= 0.3 is 11.6 Å². The fourth-order valence-electron chi connectivity index (χ4n) is 5.50. The number of aromatic nitrogens is 1. The number of hydrogen-bond donors (Lipinski definition) is 4. The highest BCUT2D eigenvalue weighted by Crippen LogP contribution is 2.39. The molecule has 1 unspecified atom stereocenters. The number of carboxylic acid groups (broad SMARTS) is 1. The lowest BCUT2D eigenvalue weighted by atomic mass is 9.96. The number of fused-ring (bicyclic) bond motifs is 4. The molecule has 3 heterocycles. The van der Waals surface area contributed by atoms with Crippen LogP contribution >= 0.6 is 11.6 Å². The Hall–Kier alpha value is -5.02. The molecule has 42 heavy (non-hydrogen) atoms. The van der Waals surface area contributed by atoms with Crippen molar-refractivity contribution in [3.8, 4) is 16.9 Å². The lowest BCUT2D eigenvalue weighted by Gasteiger charge is -2.15. The predicted octanol–water partition coefficient (Wildman–Crippen LogP) is 6.02. The second-order valence-corrected chi connectivity index (χ2v) is 10.7. The van der Waals surface area contributed by atoms with Crippen molar-refractivity contribution >= 4 is 56.3 Å². The predicted molar refractivity (Wildman–Crippen MR) is 159 cm³/mol. The monoisotopic (exact) mass is 584 g/mol. The van der Waals surface area contributed by atoms with E-state index in [0.29, 0.717) is 38.1 Å². The number of carbonyl (C=O) groups excluding carboxylic acids is 1. The Morgan fingerprint density at radius 1 is 1.07 bits per heavy atom. The molecule has 10 heteroatoms. The molecule has 1 atom stereocenters. The van der Waals surface area contributed by atoms with Crippen molar-refractivity contribution < 1.29 is 28.6 Å². The summed E-state index contributed by atoms with van der Waals surface area (Å²) in [7, 11) is 0. The van der Waals surface area contributed by atoms with Gasteiger partial charge in [0.15, 0.2) is 0 Å². The van der Waals surface area contributed by atoms with Crippen LogP contribution in [0.4, 0.5) is 0 Å². The molecule has 6 aromatic rings. The number of aryl methyl sites for hydroxylation is 2. The van der Waals surface area contributed by atoms with Crippen LogP contribution in [0.5, 0.6) is 5.75 Å². The lowest BCUT2D eigenvalue weighted by molar-refractivity contribution is -0.141. The van der Waals surface area contributed by atoms with Gasteiger partial charge in [-0.15, -0.1) is 0 Å². The normalized spacial score (nSPS) is 12.3. The van der Waals surface area contributed by atoms with Crippen LogP contribution in [-0.2, 0) is 22.4 Å². The lowest BCUT2D eigenvalue weighted by Crippen LogP contribution is -2.43. The molecule has 0 bridgehead atoms. The first-order valence-corrected chi connectivity index (χ1v) is 13.5. The van der Waals surface area contributed by atoms with Crippen molar-refractivity contribution in [1.29, 1.82) is 0 Å². The van der Waals surface area contributed by atoms with Crippen LogP contribution in [0.3, 0.4) is 0 Å². The van der Waals surface area contributed by atoms with E-state index in [2.05, 4.69) is 10.3 Å². The summed E-state index contributed by atoms with van der Waals surface area (Å²) < 4.78 is 11.6. The summed E-state index contributed by atoms with van der Waals surface area (Å²) in [5, 5.41) is 24.9. The van der Waals surface area contributed by atoms with Gasteiger partial charge in [-0.2, -0.15) is 0 Å². The number of halogens is 1. The second-order valence-electron chi connectivity index (χ2n) is 10.3. The van der Waals surface area contributed by atoms with Gasteiger partial charge in [-0.05, 0) is 72.5 Å². The number of carbonyl (C=O) groups is 2. The van der Waals surface area contributed by atoms with Crippen LogP contribution in [0, 0.1) is 13.8 Å². The number of aromatic amines is 1. The van der Waals surface area contributed by atoms with Crippen molar-refractivity contribution in [2.45, 2.75) is 32.7 Å². The maximum absolute atomic E-state index is 13.1. The molecular weight excluding hydrogens is 560 g/mol. The summed E-state index contributed by atoms with van der Waals surface area (Å²) >= 11 is 6.07. The number of phenolic OH excluding ortho intramolecular Hbond substituents is 1. The number of rotatable bonds is 7. The average molecular weight is 585 g/mol. The minimum atomic E-state index is -1.27. The van der Waals surface area contributed by atoms with E-state index in [1.807, 2.05) is 19.1 Å². The molecule has 0 spiro atoms. The largest absolute Gasteiger partial charge is 0.508 e. The Balaban J connectivity index is 1.33. The molecule has 6 rings (SSSR count). The number of aliphatic carboxylic acids is 1. The number of amides is 1. The van der Waals surface area contributed by atoms with Crippen LogP contribution < -0.4 is 10.9 Å². The van der Waals surface area contributed by atoms with E-state index < -0.39 is 23.5 Å². The highest BCUT2D eigenvalue weighted by molar-refractivity contribution is 6.30. The number of furan rings is 1. The minimum absolute atomic E-state index is 0.0321. The molecule has 0 radical (unpaired) electrons. The first-order valence-electron chi connectivity index (χ1n) is 13.1. The van der Waals surface area contributed by atoms with E-state index in [1.54, 1.807) is 43.6 Å². The molecule has 0 saturated heterocycles. The summed E-state index contributed by atoms with van der Waals surface area (Å²) in [6.07, 6.45) is 2.86. The Kier molecular flexibility index (Phi) is 6.74. The van der Waals surface area contributed by atoms with Gasteiger partial charge in [-0.25, -0.2) is 9.59 Å². The molecule has 4 N–H and O–H groups in total. The highest BCUT2D eigenvalue weighted by Gasteiger charge is 2.25. The summed E-state index contributed by atoms with van der Waals surface area (Å²) in [5.41, 5.74) is 4.72. The quantitative estimate of drug-likeness (QED) is 0.168. The molecule has 0 saturated carbocycles. The number of hydrogen-bond acceptors (Lipinski definition) is 6. The van der Waals surface area contributed by atoms with E-state index in [-0.39, 0.29) is 24.2 Å². The van der Waals surface area contributed by atoms with Gasteiger partial charge in [0.05, 0.1) is 23.6 Å². The van der Waals surface area contributed by atoms with E-state index in [1.165, 1.54) is 12.1 Å². The standard InChI is InChI=1S/C32H25ClN2O7/c1-15-9-26-29(30-28(15)23(14-41-30)17-3-5-19(33)6-4-17)16(2)21(32(40)42-26)12-27(37)35-25(31(38)39)10-18-13-34-24-8-7-20(36)11-22(18)24/h3-9,11,13-14,25,34,36H,10,12H2,1-2H3,(H,35,37)(H,38,39). The first kappa shape index (κ1) is 27.2. The van der Waals surface area contributed by atoms with Crippen molar-refractivity contribution in [3.05, 3.63) is 98.7 Å². The van der Waals surface area contributed by atoms with Crippen LogP contribution in [0.1, 0.15) is 22.3 Å². The van der Waals surface area contributed by atoms with Gasteiger partial charge < -0.3 is 29.3 Å². The molecular formula is C32H25ClN2O7. The summed E-state index contributed by atoms with van der Waals surface area (Å²) in [4.78, 5) is 41.2. The van der Waals surface area contributed by atoms with Crippen LogP contribution in [0.25, 0.3) is 44.0 Å². The van der Waals surface area contributed by atoms with E-state index in [9.17, 15) is 24.6 Å². The number of carboxylic acids is 1. The maximum atomic E-state index is 13.1. The van der Waals surface area contributed by atoms with E-state index >= 15 is 0 Å². The zero-order valence-corrected chi connectivity index (χ0v) is 23.3. The minimum Gasteiger partial charge on any atom is -0.508 e. The molecule has 212 valence electrons. The SMILES string of the molecule is Cc1cc2oc(=O)c(CC(=O)NC(Cc3c[nH]c4ccc(O)cc34)C(=O)O)c(C)c2c2occ(-c3ccc(Cl)cc3)c12. The molecule has 0 fully saturated rings. The third-order valence-corrected chi connectivity index (χ3v) is 7.84. The number of nitrogens with one attached hydrogen (secondary N) is 2. The fraction of sp³-hybridized carbons (Fsp3) is 0.156. The number of phenols is 1. The maximum Gasteiger partial charge on any atom is 0.340 e. The number of benzene rings is 3. The summed E-state index contributed by atoms with van der Waals surface area (Å²) in [6, 6.07) is 12.6. The Bertz CT molecular complexity index is 2090. The zero-order chi connectivity index (χ0) is 29.7. The highest BCUT2D eigenvalue weighted by atomic mass is 35.5. The van der Waals surface area contributed by atoms with E-state index in [0.717, 1.165) is 27.6 Å². The van der Waals surface area contributed by atoms with Crippen molar-refractivity contribution in [2.75, 3.05) is 0 Å². The first-order chi connectivity index (χ1) is 20.1. The molecule has 9 nitrogen and oxygen atoms in total. The Morgan fingerprint density at radius 2 is 1.83 bits per heavy atom. The van der Waals surface area contributed by atoms with Crippen molar-refractivity contribution in [1.82, 2.24) is 10.3 Å². The second kappa shape index (κ2) is 10.4. The van der Waals surface area contributed by atoms with Gasteiger partial charge in [0.1, 0.15) is 23.0 Å². The summed E-state index contributed by atoms with van der Waals surface area (Å²) in [6.45, 7) is 3.61. The topological polar surface area (TPSA) is 146 Å². The van der Waals surface area contributed by atoms with Gasteiger partial charge in [0.2, 0.25) is 5.91 Å². The molecule has 3 aromatic carbocycles. The van der Waals surface area contributed by atoms with Gasteiger partial charge in [0.25, 0.3) is 0 Å². The van der Waals surface area contributed by atoms with Gasteiger partial charge in [-0.3, -0.25) is 4.79 Å². The van der Waals surface area contributed by atoms with Crippen LogP contribution in [0.15, 0.2) is 74.6 Å². The molecule has 0 aliphatic rings. The third kappa shape index (κ3) is 4.77. The smallest absolute Gasteiger partial charge is 0.340 e. The van der Waals surface area contributed by atoms with Crippen molar-refractivity contribution in [3.63, 3.8) is 0 Å². The molecule has 1 amide bonds. The molecule has 0 aliphatic carbocycles. The summed E-state index contributed by atoms with van der Waals surface area (Å²) in [5.74, 6) is -1.84. The van der Waals surface area contributed by atoms with Gasteiger partial charge in [0, 0.05) is 39.5 Å². The number of H-pyrrole nitrogens is 1. The zero-order valence-electron chi connectivity index (χ0n) is 22.6. The van der Waals surface area contributed by atoms with Gasteiger partial charge in [-0.1, -0.05) is 23.7 Å². The van der Waals surface area contributed by atoms with E-state index in [4.69, 9.17) is 20.4 Å². The van der Waals surface area contributed by atoms with Crippen LogP contribution in [-0.4, -0.2) is 33.1 Å². The average Bonchev–Trinajstić information content (AvgIpc) is 3.56. The van der Waals surface area contributed by atoms with Crippen molar-refractivity contribution in [2.24, 2.45) is 0 Å². The third-order valence-electron chi connectivity index (χ3n) is 7.58. The number of aromatic hydroxyl groups is 1. The molecule has 3 aromatic heterocycles. The Labute approximate surface area is 243 Å². The van der Waals surface area contributed by atoms with Crippen LogP contribution in [0.2, 0.25) is 5.02 Å². The Morgan fingerprint density at radius 3 is 2.57 bits per heavy atom.